The molecule has 0 spiro atoms. The Morgan fingerprint density at radius 3 is 2.29 bits per heavy atom. The smallest absolute Gasteiger partial charge is 0.336 e. The lowest BCUT2D eigenvalue weighted by Gasteiger charge is -2.28. The van der Waals surface area contributed by atoms with Gasteiger partial charge in [-0.15, -0.1) is 0 Å². The Hall–Kier alpha value is -4.24. The summed E-state index contributed by atoms with van der Waals surface area (Å²) in [7, 11) is 2.76. The number of hydrogen-bond acceptors (Lipinski definition) is 6. The van der Waals surface area contributed by atoms with E-state index in [0.717, 1.165) is 21.2 Å². The van der Waals surface area contributed by atoms with Crippen molar-refractivity contribution >= 4 is 75.2 Å². The Kier molecular flexibility index (Phi) is 8.08. The van der Waals surface area contributed by atoms with Crippen LogP contribution in [0.15, 0.2) is 72.3 Å². The van der Waals surface area contributed by atoms with Gasteiger partial charge >= 0.3 is 6.03 Å². The normalized spacial score (nSPS) is 14.4. The van der Waals surface area contributed by atoms with Gasteiger partial charge in [0.2, 0.25) is 0 Å². The molecule has 1 fully saturated rings. The van der Waals surface area contributed by atoms with Crippen LogP contribution in [-0.2, 0) is 16.2 Å². The standard InChI is InChI=1S/C30H21Cl3N2O6/c1-39-26-14-24(27(40-2)13-23(26)33)35-29(37)20(28(36)34-30(35)38)12-19-18-6-4-3-5-17(18)8-10-25(19)41-15-16-7-9-21(31)22(32)11-16/h3-14H,15H2,1-2H3,(H,34,36,38)/b20-12+. The van der Waals surface area contributed by atoms with Gasteiger partial charge < -0.3 is 14.2 Å². The van der Waals surface area contributed by atoms with Crippen molar-refractivity contribution in [1.82, 2.24) is 5.32 Å². The van der Waals surface area contributed by atoms with Crippen LogP contribution in [0.2, 0.25) is 15.1 Å². The summed E-state index contributed by atoms with van der Waals surface area (Å²) in [6.45, 7) is 0.137. The monoisotopic (exact) mass is 610 g/mol. The maximum Gasteiger partial charge on any atom is 0.336 e. The number of hydrogen-bond donors (Lipinski definition) is 1. The summed E-state index contributed by atoms with van der Waals surface area (Å²) < 4.78 is 16.8. The fourth-order valence-electron chi connectivity index (χ4n) is 4.38. The number of anilines is 1. The number of nitrogens with zero attached hydrogens (tertiary/aromatic N) is 1. The number of ether oxygens (including phenoxy) is 3. The highest BCUT2D eigenvalue weighted by molar-refractivity contribution is 6.42. The molecule has 8 nitrogen and oxygen atoms in total. The Morgan fingerprint density at radius 2 is 1.56 bits per heavy atom. The van der Waals surface area contributed by atoms with E-state index in [4.69, 9.17) is 49.0 Å². The number of benzene rings is 4. The first-order valence-corrected chi connectivity index (χ1v) is 13.3. The lowest BCUT2D eigenvalue weighted by Crippen LogP contribution is -2.54. The Balaban J connectivity index is 1.60. The number of halogens is 3. The van der Waals surface area contributed by atoms with Crippen LogP contribution in [0.4, 0.5) is 10.5 Å². The van der Waals surface area contributed by atoms with Crippen LogP contribution in [0.5, 0.6) is 17.2 Å². The van der Waals surface area contributed by atoms with Gasteiger partial charge in [0.05, 0.1) is 35.0 Å². The molecule has 0 atom stereocenters. The number of imide groups is 2. The molecule has 11 heteroatoms. The van der Waals surface area contributed by atoms with Crippen molar-refractivity contribution in [3.63, 3.8) is 0 Å². The fourth-order valence-corrected chi connectivity index (χ4v) is 4.93. The minimum Gasteiger partial charge on any atom is -0.495 e. The maximum atomic E-state index is 13.8. The van der Waals surface area contributed by atoms with Gasteiger partial charge in [0, 0.05) is 17.7 Å². The molecule has 0 radical (unpaired) electrons. The predicted molar refractivity (Wildman–Crippen MR) is 158 cm³/mol. The molecule has 41 heavy (non-hydrogen) atoms. The molecule has 0 bridgehead atoms. The minimum absolute atomic E-state index is 0.0451. The minimum atomic E-state index is -0.950. The Labute approximate surface area is 249 Å². The molecule has 4 aromatic rings. The molecule has 4 aromatic carbocycles. The summed E-state index contributed by atoms with van der Waals surface area (Å²) in [6, 6.07) is 18.0. The highest BCUT2D eigenvalue weighted by Gasteiger charge is 2.39. The van der Waals surface area contributed by atoms with Crippen LogP contribution >= 0.6 is 34.8 Å². The summed E-state index contributed by atoms with van der Waals surface area (Å²) >= 11 is 18.4. The highest BCUT2D eigenvalue weighted by Crippen LogP contribution is 2.40. The Morgan fingerprint density at radius 1 is 0.805 bits per heavy atom. The van der Waals surface area contributed by atoms with Crippen molar-refractivity contribution in [1.29, 1.82) is 0 Å². The third-order valence-corrected chi connectivity index (χ3v) is 7.43. The van der Waals surface area contributed by atoms with E-state index in [2.05, 4.69) is 5.32 Å². The fraction of sp³-hybridized carbons (Fsp3) is 0.100. The van der Waals surface area contributed by atoms with E-state index >= 15 is 0 Å². The second-order valence-corrected chi connectivity index (χ2v) is 10.1. The molecule has 5 rings (SSSR count). The van der Waals surface area contributed by atoms with E-state index in [1.54, 1.807) is 24.3 Å². The molecule has 0 saturated carbocycles. The van der Waals surface area contributed by atoms with Crippen molar-refractivity contribution in [2.75, 3.05) is 19.1 Å². The van der Waals surface area contributed by atoms with Gasteiger partial charge in [-0.2, -0.15) is 0 Å². The van der Waals surface area contributed by atoms with Crippen LogP contribution in [0, 0.1) is 0 Å². The van der Waals surface area contributed by atoms with Crippen LogP contribution < -0.4 is 24.4 Å². The SMILES string of the molecule is COc1cc(N2C(=O)NC(=O)/C(=C\c3c(OCc4ccc(Cl)c(Cl)c4)ccc4ccccc34)C2=O)c(OC)cc1Cl. The van der Waals surface area contributed by atoms with Gasteiger partial charge in [-0.25, -0.2) is 9.69 Å². The quantitative estimate of drug-likeness (QED) is 0.178. The van der Waals surface area contributed by atoms with E-state index in [-0.39, 0.29) is 34.4 Å². The van der Waals surface area contributed by atoms with Crippen LogP contribution in [0.3, 0.4) is 0 Å². The van der Waals surface area contributed by atoms with E-state index in [0.29, 0.717) is 21.4 Å². The third kappa shape index (κ3) is 5.54. The molecule has 0 aliphatic carbocycles. The van der Waals surface area contributed by atoms with Gasteiger partial charge in [0.15, 0.2) is 0 Å². The second-order valence-electron chi connectivity index (χ2n) is 8.85. The summed E-state index contributed by atoms with van der Waals surface area (Å²) in [5, 5.41) is 4.82. The summed E-state index contributed by atoms with van der Waals surface area (Å²) in [4.78, 5) is 40.5. The molecule has 0 aromatic heterocycles. The zero-order valence-electron chi connectivity index (χ0n) is 21.7. The lowest BCUT2D eigenvalue weighted by atomic mass is 9.99. The summed E-state index contributed by atoms with van der Waals surface area (Å²) in [6.07, 6.45) is 1.41. The van der Waals surface area contributed by atoms with Crippen molar-refractivity contribution < 1.29 is 28.6 Å². The predicted octanol–water partition coefficient (Wildman–Crippen LogP) is 7.06. The molecule has 208 valence electrons. The zero-order valence-corrected chi connectivity index (χ0v) is 23.9. The van der Waals surface area contributed by atoms with E-state index in [9.17, 15) is 14.4 Å². The van der Waals surface area contributed by atoms with Gasteiger partial charge in [-0.05, 0) is 40.6 Å². The Bertz CT molecular complexity index is 1750. The number of barbiturate groups is 1. The van der Waals surface area contributed by atoms with Crippen LogP contribution in [0.1, 0.15) is 11.1 Å². The van der Waals surface area contributed by atoms with Crippen molar-refractivity contribution in [2.24, 2.45) is 0 Å². The average Bonchev–Trinajstić information content (AvgIpc) is 2.96. The van der Waals surface area contributed by atoms with Crippen molar-refractivity contribution in [2.45, 2.75) is 6.61 Å². The highest BCUT2D eigenvalue weighted by atomic mass is 35.5. The summed E-state index contributed by atoms with van der Waals surface area (Å²) in [5.74, 6) is -0.997. The molecule has 0 unspecified atom stereocenters. The van der Waals surface area contributed by atoms with Crippen molar-refractivity contribution in [3.8, 4) is 17.2 Å². The van der Waals surface area contributed by atoms with Gasteiger partial charge in [-0.3, -0.25) is 14.9 Å². The summed E-state index contributed by atoms with van der Waals surface area (Å²) in [5.41, 5.74) is 0.981. The second kappa shape index (κ2) is 11.7. The van der Waals surface area contributed by atoms with Gasteiger partial charge in [0.1, 0.15) is 29.4 Å². The number of nitrogens with one attached hydrogen (secondary N) is 1. The number of rotatable bonds is 7. The number of urea groups is 1. The molecule has 1 heterocycles. The average molecular weight is 612 g/mol. The van der Waals surface area contributed by atoms with E-state index in [1.807, 2.05) is 30.3 Å². The number of carbonyl (C=O) groups excluding carboxylic acids is 3. The van der Waals surface area contributed by atoms with Crippen molar-refractivity contribution in [3.05, 3.63) is 98.5 Å². The van der Waals surface area contributed by atoms with Crippen LogP contribution in [-0.4, -0.2) is 32.1 Å². The number of fused-ring (bicyclic) bond motifs is 1. The molecular weight excluding hydrogens is 591 g/mol. The topological polar surface area (TPSA) is 94.2 Å². The lowest BCUT2D eigenvalue weighted by molar-refractivity contribution is -0.122. The molecular formula is C30H21Cl3N2O6. The molecule has 1 aliphatic heterocycles. The molecule has 1 N–H and O–H groups in total. The van der Waals surface area contributed by atoms with Gasteiger partial charge in [0.25, 0.3) is 11.8 Å². The number of methoxy groups -OCH3 is 2. The number of carbonyl (C=O) groups is 3. The molecule has 4 amide bonds. The number of amides is 4. The van der Waals surface area contributed by atoms with E-state index in [1.165, 1.54) is 32.4 Å². The third-order valence-electron chi connectivity index (χ3n) is 6.39. The first kappa shape index (κ1) is 28.3. The molecule has 1 saturated heterocycles. The first-order chi connectivity index (χ1) is 19.7. The maximum absolute atomic E-state index is 13.8. The van der Waals surface area contributed by atoms with Crippen LogP contribution in [0.25, 0.3) is 16.8 Å². The zero-order chi connectivity index (χ0) is 29.3. The first-order valence-electron chi connectivity index (χ1n) is 12.1. The van der Waals surface area contributed by atoms with E-state index < -0.39 is 17.8 Å². The largest absolute Gasteiger partial charge is 0.495 e. The molecule has 1 aliphatic rings. The van der Waals surface area contributed by atoms with Gasteiger partial charge in [-0.1, -0.05) is 71.2 Å².